The predicted octanol–water partition coefficient (Wildman–Crippen LogP) is 1.07. The lowest BCUT2D eigenvalue weighted by atomic mass is 9.85. The van der Waals surface area contributed by atoms with Gasteiger partial charge in [-0.15, -0.1) is 0 Å². The van der Waals surface area contributed by atoms with Crippen LogP contribution in [0.2, 0.25) is 0 Å². The molecule has 3 rings (SSSR count). The van der Waals surface area contributed by atoms with Crippen LogP contribution in [-0.4, -0.2) is 35.0 Å². The lowest BCUT2D eigenvalue weighted by Gasteiger charge is -2.41. The molecule has 2 fully saturated rings. The Balaban J connectivity index is 1.62. The van der Waals surface area contributed by atoms with Crippen LogP contribution in [0.3, 0.4) is 0 Å². The van der Waals surface area contributed by atoms with Crippen molar-refractivity contribution in [3.8, 4) is 5.75 Å². The molecule has 0 saturated carbocycles. The Bertz CT molecular complexity index is 518. The van der Waals surface area contributed by atoms with E-state index in [-0.39, 0.29) is 11.7 Å². The minimum Gasteiger partial charge on any atom is -0.506 e. The monoisotopic (exact) mass is 275 g/mol. The summed E-state index contributed by atoms with van der Waals surface area (Å²) in [5, 5.41) is 12.6. The van der Waals surface area contributed by atoms with Gasteiger partial charge in [0.1, 0.15) is 5.75 Å². The SMILES string of the molecule is Nc1cc(CN2CCC3NC(=O)CCC3C2)ccc1O. The molecule has 2 unspecified atom stereocenters. The summed E-state index contributed by atoms with van der Waals surface area (Å²) in [7, 11) is 0. The molecule has 1 amide bonds. The number of piperidine rings is 2. The van der Waals surface area contributed by atoms with Crippen molar-refractivity contribution in [3.63, 3.8) is 0 Å². The van der Waals surface area contributed by atoms with Gasteiger partial charge in [-0.1, -0.05) is 6.07 Å². The molecule has 1 aromatic rings. The van der Waals surface area contributed by atoms with Crippen molar-refractivity contribution in [1.29, 1.82) is 0 Å². The molecule has 0 bridgehead atoms. The summed E-state index contributed by atoms with van der Waals surface area (Å²) in [4.78, 5) is 13.8. The third-order valence-corrected chi connectivity index (χ3v) is 4.40. The zero-order valence-corrected chi connectivity index (χ0v) is 11.5. The molecule has 5 heteroatoms. The molecule has 0 aliphatic carbocycles. The van der Waals surface area contributed by atoms with Crippen molar-refractivity contribution >= 4 is 11.6 Å². The fraction of sp³-hybridized carbons (Fsp3) is 0.533. The average Bonchev–Trinajstić information content (AvgIpc) is 2.43. The van der Waals surface area contributed by atoms with Gasteiger partial charge in [-0.25, -0.2) is 0 Å². The number of carbonyl (C=O) groups excluding carboxylic acids is 1. The van der Waals surface area contributed by atoms with E-state index in [0.29, 0.717) is 24.1 Å². The minimum absolute atomic E-state index is 0.141. The van der Waals surface area contributed by atoms with Crippen LogP contribution in [0.5, 0.6) is 5.75 Å². The summed E-state index contributed by atoms with van der Waals surface area (Å²) in [6.45, 7) is 2.86. The largest absolute Gasteiger partial charge is 0.506 e. The number of nitrogens with one attached hydrogen (secondary N) is 1. The number of phenols is 1. The van der Waals surface area contributed by atoms with Crippen molar-refractivity contribution in [1.82, 2.24) is 10.2 Å². The first-order valence-electron chi connectivity index (χ1n) is 7.21. The number of hydrogen-bond acceptors (Lipinski definition) is 4. The van der Waals surface area contributed by atoms with E-state index in [4.69, 9.17) is 5.73 Å². The molecular formula is C15H21N3O2. The van der Waals surface area contributed by atoms with Crippen LogP contribution in [0.1, 0.15) is 24.8 Å². The number of anilines is 1. The fourth-order valence-electron chi connectivity index (χ4n) is 3.29. The van der Waals surface area contributed by atoms with Crippen LogP contribution in [0.15, 0.2) is 18.2 Å². The number of nitrogens with two attached hydrogens (primary N) is 1. The van der Waals surface area contributed by atoms with Crippen molar-refractivity contribution in [2.24, 2.45) is 5.92 Å². The number of likely N-dealkylation sites (tertiary alicyclic amines) is 1. The normalized spacial score (nSPS) is 26.9. The highest BCUT2D eigenvalue weighted by atomic mass is 16.3. The van der Waals surface area contributed by atoms with Gasteiger partial charge in [-0.05, 0) is 36.5 Å². The summed E-state index contributed by atoms with van der Waals surface area (Å²) in [6, 6.07) is 5.76. The Morgan fingerprint density at radius 1 is 1.40 bits per heavy atom. The van der Waals surface area contributed by atoms with Crippen LogP contribution in [0, 0.1) is 5.92 Å². The van der Waals surface area contributed by atoms with Gasteiger partial charge in [0.05, 0.1) is 5.69 Å². The molecule has 0 aromatic heterocycles. The van der Waals surface area contributed by atoms with E-state index in [0.717, 1.165) is 38.0 Å². The van der Waals surface area contributed by atoms with Crippen molar-refractivity contribution in [2.45, 2.75) is 31.8 Å². The fourth-order valence-corrected chi connectivity index (χ4v) is 3.29. The number of carbonyl (C=O) groups is 1. The third kappa shape index (κ3) is 2.72. The maximum atomic E-state index is 11.4. The molecule has 20 heavy (non-hydrogen) atoms. The van der Waals surface area contributed by atoms with Crippen molar-refractivity contribution < 1.29 is 9.90 Å². The van der Waals surface area contributed by atoms with E-state index in [1.165, 1.54) is 0 Å². The molecule has 2 heterocycles. The highest BCUT2D eigenvalue weighted by molar-refractivity contribution is 5.77. The Labute approximate surface area is 118 Å². The van der Waals surface area contributed by atoms with Gasteiger partial charge in [0.2, 0.25) is 5.91 Å². The third-order valence-electron chi connectivity index (χ3n) is 4.40. The number of nitrogens with zero attached hydrogens (tertiary/aromatic N) is 1. The maximum Gasteiger partial charge on any atom is 0.220 e. The van der Waals surface area contributed by atoms with Crippen LogP contribution in [-0.2, 0) is 11.3 Å². The molecular weight excluding hydrogens is 254 g/mol. The van der Waals surface area contributed by atoms with E-state index in [9.17, 15) is 9.90 Å². The lowest BCUT2D eigenvalue weighted by Crippen LogP contribution is -2.53. The second-order valence-electron chi connectivity index (χ2n) is 5.89. The molecule has 108 valence electrons. The van der Waals surface area contributed by atoms with Gasteiger partial charge in [-0.3, -0.25) is 9.69 Å². The summed E-state index contributed by atoms with van der Waals surface area (Å²) >= 11 is 0. The number of aromatic hydroxyl groups is 1. The minimum atomic E-state index is 0.141. The first-order chi connectivity index (χ1) is 9.61. The number of nitrogen functional groups attached to an aromatic ring is 1. The average molecular weight is 275 g/mol. The Hall–Kier alpha value is -1.75. The zero-order chi connectivity index (χ0) is 14.1. The molecule has 2 aliphatic rings. The van der Waals surface area contributed by atoms with Crippen LogP contribution in [0.4, 0.5) is 5.69 Å². The summed E-state index contributed by atoms with van der Waals surface area (Å²) in [5.74, 6) is 0.907. The van der Waals surface area contributed by atoms with E-state index in [2.05, 4.69) is 10.2 Å². The highest BCUT2D eigenvalue weighted by Gasteiger charge is 2.33. The maximum absolute atomic E-state index is 11.4. The number of rotatable bonds is 2. The topological polar surface area (TPSA) is 78.6 Å². The molecule has 1 aromatic carbocycles. The first kappa shape index (κ1) is 13.2. The summed E-state index contributed by atoms with van der Waals surface area (Å²) in [6.07, 6.45) is 2.66. The van der Waals surface area contributed by atoms with Gasteiger partial charge in [0.25, 0.3) is 0 Å². The smallest absolute Gasteiger partial charge is 0.220 e. The molecule has 4 N–H and O–H groups in total. The van der Waals surface area contributed by atoms with Crippen molar-refractivity contribution in [2.75, 3.05) is 18.8 Å². The lowest BCUT2D eigenvalue weighted by molar-refractivity contribution is -0.125. The number of benzene rings is 1. The number of phenolic OH excluding ortho intramolecular Hbond substituents is 1. The highest BCUT2D eigenvalue weighted by Crippen LogP contribution is 2.27. The molecule has 2 saturated heterocycles. The summed E-state index contributed by atoms with van der Waals surface area (Å²) < 4.78 is 0. The number of fused-ring (bicyclic) bond motifs is 1. The van der Waals surface area contributed by atoms with Gasteiger partial charge in [-0.2, -0.15) is 0 Å². The van der Waals surface area contributed by atoms with Gasteiger partial charge in [0.15, 0.2) is 0 Å². The second kappa shape index (κ2) is 5.32. The number of amides is 1. The second-order valence-corrected chi connectivity index (χ2v) is 5.89. The van der Waals surface area contributed by atoms with E-state index >= 15 is 0 Å². The first-order valence-corrected chi connectivity index (χ1v) is 7.21. The van der Waals surface area contributed by atoms with Gasteiger partial charge in [0, 0.05) is 32.1 Å². The van der Waals surface area contributed by atoms with E-state index in [1.807, 2.05) is 12.1 Å². The number of hydrogen-bond donors (Lipinski definition) is 3. The summed E-state index contributed by atoms with van der Waals surface area (Å²) in [5.41, 5.74) is 7.29. The van der Waals surface area contributed by atoms with Gasteiger partial charge >= 0.3 is 0 Å². The van der Waals surface area contributed by atoms with E-state index < -0.39 is 0 Å². The van der Waals surface area contributed by atoms with Crippen LogP contribution in [0.25, 0.3) is 0 Å². The Morgan fingerprint density at radius 3 is 3.05 bits per heavy atom. The standard InChI is InChI=1S/C15H21N3O2/c16-12-7-10(1-3-14(12)19)8-18-6-5-13-11(9-18)2-4-15(20)17-13/h1,3,7,11,13,19H,2,4-6,8-9,16H2,(H,17,20). The Morgan fingerprint density at radius 2 is 2.25 bits per heavy atom. The van der Waals surface area contributed by atoms with Crippen LogP contribution >= 0.6 is 0 Å². The molecule has 2 atom stereocenters. The quantitative estimate of drug-likeness (QED) is 0.557. The zero-order valence-electron chi connectivity index (χ0n) is 11.5. The molecule has 5 nitrogen and oxygen atoms in total. The Kier molecular flexibility index (Phi) is 3.53. The van der Waals surface area contributed by atoms with Crippen LogP contribution < -0.4 is 11.1 Å². The molecule has 2 aliphatic heterocycles. The molecule has 0 spiro atoms. The predicted molar refractivity (Wildman–Crippen MR) is 77.1 cm³/mol. The van der Waals surface area contributed by atoms with Gasteiger partial charge < -0.3 is 16.2 Å². The molecule has 0 radical (unpaired) electrons. The van der Waals surface area contributed by atoms with Crippen molar-refractivity contribution in [3.05, 3.63) is 23.8 Å². The van der Waals surface area contributed by atoms with E-state index in [1.54, 1.807) is 6.07 Å².